The van der Waals surface area contributed by atoms with Gasteiger partial charge in [-0.25, -0.2) is 4.98 Å². The van der Waals surface area contributed by atoms with Gasteiger partial charge < -0.3 is 24.1 Å². The Hall–Kier alpha value is -4.33. The molecule has 1 aromatic heterocycles. The maximum absolute atomic E-state index is 13.7. The van der Waals surface area contributed by atoms with Crippen molar-refractivity contribution in [3.05, 3.63) is 78.2 Å². The van der Waals surface area contributed by atoms with Crippen LogP contribution in [-0.4, -0.2) is 31.0 Å². The van der Waals surface area contributed by atoms with Gasteiger partial charge in [0.25, 0.3) is 0 Å². The summed E-state index contributed by atoms with van der Waals surface area (Å²) in [5.41, 5.74) is 3.39. The molecular weight excluding hydrogens is 458 g/mol. The number of nitrogens with zero attached hydrogens (tertiary/aromatic N) is 2. The van der Waals surface area contributed by atoms with Crippen LogP contribution in [0, 0.1) is 12.8 Å². The van der Waals surface area contributed by atoms with E-state index in [0.717, 1.165) is 11.1 Å². The number of aryl methyl sites for hydroxylation is 1. The van der Waals surface area contributed by atoms with E-state index in [1.807, 2.05) is 42.5 Å². The number of anilines is 2. The number of hydrogen-bond donors (Lipinski definition) is 1. The lowest BCUT2D eigenvalue weighted by molar-refractivity contribution is -0.125. The van der Waals surface area contributed by atoms with Crippen molar-refractivity contribution in [2.75, 3.05) is 24.4 Å². The molecular formula is C28H27N3O5. The van der Waals surface area contributed by atoms with E-state index in [0.29, 0.717) is 40.8 Å². The van der Waals surface area contributed by atoms with Crippen LogP contribution in [0.1, 0.15) is 30.3 Å². The molecule has 8 heteroatoms. The quantitative estimate of drug-likeness (QED) is 0.400. The van der Waals surface area contributed by atoms with Crippen LogP contribution in [0.25, 0.3) is 11.1 Å². The van der Waals surface area contributed by atoms with Gasteiger partial charge in [0.15, 0.2) is 11.5 Å². The molecule has 0 spiro atoms. The first-order chi connectivity index (χ1) is 17.5. The van der Waals surface area contributed by atoms with Gasteiger partial charge in [-0.1, -0.05) is 18.2 Å². The van der Waals surface area contributed by atoms with Crippen LogP contribution >= 0.6 is 0 Å². The van der Waals surface area contributed by atoms with Gasteiger partial charge in [0.2, 0.25) is 11.8 Å². The predicted octanol–water partition coefficient (Wildman–Crippen LogP) is 5.28. The van der Waals surface area contributed by atoms with Crippen LogP contribution in [0.5, 0.6) is 11.5 Å². The molecule has 1 aliphatic rings. The summed E-state index contributed by atoms with van der Waals surface area (Å²) in [5.74, 6) is 1.10. The molecule has 0 bridgehead atoms. The van der Waals surface area contributed by atoms with E-state index in [9.17, 15) is 9.59 Å². The highest BCUT2D eigenvalue weighted by Gasteiger charge is 2.42. The number of carbonyl (C=O) groups excluding carboxylic acids is 2. The van der Waals surface area contributed by atoms with Gasteiger partial charge in [-0.3, -0.25) is 9.59 Å². The molecule has 184 valence electrons. The molecule has 8 nitrogen and oxygen atoms in total. The summed E-state index contributed by atoms with van der Waals surface area (Å²) in [6.45, 7) is 1.78. The first-order valence-electron chi connectivity index (χ1n) is 11.8. The van der Waals surface area contributed by atoms with E-state index in [4.69, 9.17) is 13.9 Å². The second-order valence-corrected chi connectivity index (χ2v) is 8.70. The Kier molecular flexibility index (Phi) is 6.33. The van der Waals surface area contributed by atoms with E-state index in [1.54, 1.807) is 50.3 Å². The topological polar surface area (TPSA) is 93.9 Å². The van der Waals surface area contributed by atoms with E-state index in [2.05, 4.69) is 10.3 Å². The number of oxazole rings is 1. The summed E-state index contributed by atoms with van der Waals surface area (Å²) in [5, 5.41) is 3.03. The van der Waals surface area contributed by atoms with Gasteiger partial charge in [0, 0.05) is 36.3 Å². The maximum Gasteiger partial charge on any atom is 0.229 e. The molecule has 36 heavy (non-hydrogen) atoms. The maximum atomic E-state index is 13.7. The van der Waals surface area contributed by atoms with Gasteiger partial charge in [0.05, 0.1) is 26.2 Å². The third kappa shape index (κ3) is 4.37. The van der Waals surface area contributed by atoms with Crippen molar-refractivity contribution < 1.29 is 23.5 Å². The Labute approximate surface area is 208 Å². The van der Waals surface area contributed by atoms with Gasteiger partial charge >= 0.3 is 0 Å². The number of hydrogen-bond acceptors (Lipinski definition) is 6. The summed E-state index contributed by atoms with van der Waals surface area (Å²) in [6.07, 6.45) is 0.653. The number of amides is 2. The zero-order valence-corrected chi connectivity index (χ0v) is 20.4. The number of methoxy groups -OCH3 is 2. The van der Waals surface area contributed by atoms with Gasteiger partial charge in [-0.15, -0.1) is 0 Å². The molecule has 0 saturated carbocycles. The summed E-state index contributed by atoms with van der Waals surface area (Å²) in [4.78, 5) is 33.0. The molecule has 2 atom stereocenters. The Morgan fingerprint density at radius 1 is 1.06 bits per heavy atom. The lowest BCUT2D eigenvalue weighted by Crippen LogP contribution is -2.47. The van der Waals surface area contributed by atoms with Crippen molar-refractivity contribution in [1.29, 1.82) is 0 Å². The Balaban J connectivity index is 1.54. The first-order valence-corrected chi connectivity index (χ1v) is 11.8. The molecule has 2 amide bonds. The highest BCUT2D eigenvalue weighted by molar-refractivity contribution is 6.01. The number of ether oxygens (including phenoxy) is 2. The lowest BCUT2D eigenvalue weighted by atomic mass is 9.82. The smallest absolute Gasteiger partial charge is 0.229 e. The predicted molar refractivity (Wildman–Crippen MR) is 136 cm³/mol. The number of piperidine rings is 1. The summed E-state index contributed by atoms with van der Waals surface area (Å²) in [6, 6.07) is 19.6. The zero-order valence-electron chi connectivity index (χ0n) is 20.4. The first kappa shape index (κ1) is 23.4. The largest absolute Gasteiger partial charge is 0.497 e. The highest BCUT2D eigenvalue weighted by Crippen LogP contribution is 2.43. The fourth-order valence-electron chi connectivity index (χ4n) is 4.83. The number of fused-ring (bicyclic) bond motifs is 1. The molecule has 3 aromatic carbocycles. The molecule has 2 heterocycles. The fourth-order valence-corrected chi connectivity index (χ4v) is 4.83. The molecule has 1 aliphatic heterocycles. The number of benzene rings is 3. The zero-order chi connectivity index (χ0) is 25.2. The van der Waals surface area contributed by atoms with E-state index < -0.39 is 12.0 Å². The molecule has 4 aromatic rings. The van der Waals surface area contributed by atoms with Crippen molar-refractivity contribution in [2.24, 2.45) is 5.92 Å². The highest BCUT2D eigenvalue weighted by atomic mass is 16.5. The number of para-hydroxylation sites is 1. The molecule has 0 radical (unpaired) electrons. The van der Waals surface area contributed by atoms with Gasteiger partial charge in [-0.05, 0) is 48.9 Å². The van der Waals surface area contributed by atoms with Crippen molar-refractivity contribution in [3.8, 4) is 11.5 Å². The Bertz CT molecular complexity index is 1410. The number of rotatable bonds is 6. The third-order valence-corrected chi connectivity index (χ3v) is 6.51. The number of carbonyl (C=O) groups is 2. The minimum atomic E-state index is -0.563. The van der Waals surface area contributed by atoms with Crippen LogP contribution in [0.4, 0.5) is 11.4 Å². The molecule has 1 N–H and O–H groups in total. The molecule has 1 fully saturated rings. The van der Waals surface area contributed by atoms with Crippen molar-refractivity contribution in [1.82, 2.24) is 4.98 Å². The van der Waals surface area contributed by atoms with E-state index in [1.165, 1.54) is 0 Å². The minimum absolute atomic E-state index is 0.0568. The van der Waals surface area contributed by atoms with E-state index in [-0.39, 0.29) is 18.2 Å². The van der Waals surface area contributed by atoms with Crippen LogP contribution in [-0.2, 0) is 9.59 Å². The minimum Gasteiger partial charge on any atom is -0.497 e. The van der Waals surface area contributed by atoms with Gasteiger partial charge in [0.1, 0.15) is 17.0 Å². The molecule has 5 rings (SSSR count). The monoisotopic (exact) mass is 485 g/mol. The van der Waals surface area contributed by atoms with Crippen LogP contribution in [0.2, 0.25) is 0 Å². The average molecular weight is 486 g/mol. The SMILES string of the molecule is COc1ccc(N2C(=O)CC[C@H](C(=O)Nc3ccc4nc(C)oc4c3)[C@@H]2c2ccccc2OC)cc1. The van der Waals surface area contributed by atoms with Crippen LogP contribution < -0.4 is 19.7 Å². The average Bonchev–Trinajstić information content (AvgIpc) is 3.27. The summed E-state index contributed by atoms with van der Waals surface area (Å²) in [7, 11) is 3.18. The summed E-state index contributed by atoms with van der Waals surface area (Å²) < 4.78 is 16.6. The fraction of sp³-hybridized carbons (Fsp3) is 0.250. The Morgan fingerprint density at radius 3 is 2.58 bits per heavy atom. The van der Waals surface area contributed by atoms with Crippen LogP contribution in [0.3, 0.4) is 0 Å². The van der Waals surface area contributed by atoms with E-state index >= 15 is 0 Å². The van der Waals surface area contributed by atoms with Crippen molar-refractivity contribution in [3.63, 3.8) is 0 Å². The molecule has 1 saturated heterocycles. The Morgan fingerprint density at radius 2 is 1.83 bits per heavy atom. The second kappa shape index (κ2) is 9.73. The standard InChI is InChI=1S/C28H27N3O5/c1-17-29-23-14-8-18(16-25(23)36-17)30-28(33)22-13-15-26(32)31(19-9-11-20(34-2)12-10-19)27(22)21-6-4-5-7-24(21)35-3/h4-12,14,16,22,27H,13,15H2,1-3H3,(H,30,33)/t22-,27-/m0/s1. The second-order valence-electron chi connectivity index (χ2n) is 8.70. The normalized spacial score (nSPS) is 17.8. The lowest BCUT2D eigenvalue weighted by Gasteiger charge is -2.41. The van der Waals surface area contributed by atoms with Gasteiger partial charge in [-0.2, -0.15) is 0 Å². The molecule has 0 aliphatic carbocycles. The summed E-state index contributed by atoms with van der Waals surface area (Å²) >= 11 is 0. The molecule has 0 unspecified atom stereocenters. The third-order valence-electron chi connectivity index (χ3n) is 6.51. The van der Waals surface area contributed by atoms with Crippen molar-refractivity contribution in [2.45, 2.75) is 25.8 Å². The number of aromatic nitrogens is 1. The number of nitrogens with one attached hydrogen (secondary N) is 1. The van der Waals surface area contributed by atoms with Crippen molar-refractivity contribution >= 4 is 34.3 Å². The van der Waals surface area contributed by atoms with Crippen LogP contribution in [0.15, 0.2) is 71.1 Å².